The zero-order chi connectivity index (χ0) is 34.9. The van der Waals surface area contributed by atoms with Gasteiger partial charge in [0.2, 0.25) is 0 Å². The second-order valence-electron chi connectivity index (χ2n) is 13.6. The molecule has 7 aromatic carbocycles. The molecule has 246 valence electrons. The molecule has 11 aromatic rings. The van der Waals surface area contributed by atoms with E-state index in [9.17, 15) is 0 Å². The summed E-state index contributed by atoms with van der Waals surface area (Å²) < 4.78 is 2.39. The lowest BCUT2D eigenvalue weighted by Gasteiger charge is -2.14. The Balaban J connectivity index is 1.13. The van der Waals surface area contributed by atoms with E-state index in [2.05, 4.69) is 167 Å². The summed E-state index contributed by atoms with van der Waals surface area (Å²) >= 11 is 0. The summed E-state index contributed by atoms with van der Waals surface area (Å²) in [5.41, 5.74) is 13.0. The summed E-state index contributed by atoms with van der Waals surface area (Å²) in [6.07, 6.45) is 3.68. The van der Waals surface area contributed by atoms with Crippen molar-refractivity contribution >= 4 is 65.3 Å². The van der Waals surface area contributed by atoms with Crippen molar-refractivity contribution in [1.82, 2.24) is 19.5 Å². The van der Waals surface area contributed by atoms with Gasteiger partial charge in [-0.3, -0.25) is 9.97 Å². The highest BCUT2D eigenvalue weighted by atomic mass is 15.0. The van der Waals surface area contributed by atoms with Crippen LogP contribution in [-0.4, -0.2) is 19.5 Å². The first kappa shape index (κ1) is 29.5. The number of hydrogen-bond donors (Lipinski definition) is 0. The molecule has 4 aromatic heterocycles. The summed E-state index contributed by atoms with van der Waals surface area (Å²) in [6, 6.07) is 60.6. The van der Waals surface area contributed by atoms with Crippen LogP contribution in [0.1, 0.15) is 0 Å². The first-order valence-electron chi connectivity index (χ1n) is 17.9. The van der Waals surface area contributed by atoms with Crippen LogP contribution in [0.5, 0.6) is 0 Å². The molecule has 0 radical (unpaired) electrons. The summed E-state index contributed by atoms with van der Waals surface area (Å²) in [6.45, 7) is 0. The Morgan fingerprint density at radius 1 is 0.396 bits per heavy atom. The van der Waals surface area contributed by atoms with E-state index >= 15 is 0 Å². The van der Waals surface area contributed by atoms with Gasteiger partial charge in [0, 0.05) is 61.3 Å². The van der Waals surface area contributed by atoms with Gasteiger partial charge in [0.1, 0.15) is 0 Å². The highest BCUT2D eigenvalue weighted by Crippen LogP contribution is 2.43. The van der Waals surface area contributed by atoms with Crippen molar-refractivity contribution in [3.63, 3.8) is 0 Å². The Kier molecular flexibility index (Phi) is 6.52. The number of benzene rings is 7. The maximum absolute atomic E-state index is 5.42. The number of pyridine rings is 3. The molecule has 0 atom stereocenters. The minimum atomic E-state index is 0.924. The Hall–Kier alpha value is -7.17. The van der Waals surface area contributed by atoms with Crippen molar-refractivity contribution in [1.29, 1.82) is 0 Å². The fourth-order valence-electron chi connectivity index (χ4n) is 8.26. The van der Waals surface area contributed by atoms with E-state index in [-0.39, 0.29) is 0 Å². The van der Waals surface area contributed by atoms with Gasteiger partial charge in [0.25, 0.3) is 0 Å². The van der Waals surface area contributed by atoms with Crippen molar-refractivity contribution in [2.24, 2.45) is 0 Å². The number of fused-ring (bicyclic) bond motifs is 10. The Bertz CT molecular complexity index is 3200. The first-order valence-corrected chi connectivity index (χ1v) is 17.9. The van der Waals surface area contributed by atoms with E-state index in [0.717, 1.165) is 77.3 Å². The van der Waals surface area contributed by atoms with Gasteiger partial charge in [-0.25, -0.2) is 4.98 Å². The fourth-order valence-corrected chi connectivity index (χ4v) is 8.26. The van der Waals surface area contributed by atoms with Gasteiger partial charge in [-0.1, -0.05) is 121 Å². The zero-order valence-corrected chi connectivity index (χ0v) is 28.6. The van der Waals surface area contributed by atoms with Gasteiger partial charge < -0.3 is 4.57 Å². The van der Waals surface area contributed by atoms with E-state index in [1.165, 1.54) is 27.2 Å². The number of para-hydroxylation sites is 2. The minimum Gasteiger partial charge on any atom is -0.309 e. The third-order valence-electron chi connectivity index (χ3n) is 10.6. The van der Waals surface area contributed by atoms with Gasteiger partial charge in [0.05, 0.1) is 33.3 Å². The number of aromatic nitrogens is 4. The highest BCUT2D eigenvalue weighted by molar-refractivity contribution is 6.29. The number of rotatable bonds is 4. The van der Waals surface area contributed by atoms with Gasteiger partial charge in [-0.05, 0) is 70.8 Å². The van der Waals surface area contributed by atoms with Crippen LogP contribution in [0.4, 0.5) is 0 Å². The van der Waals surface area contributed by atoms with E-state index in [1.807, 2.05) is 24.5 Å². The van der Waals surface area contributed by atoms with E-state index in [1.54, 1.807) is 0 Å². The topological polar surface area (TPSA) is 43.6 Å². The molecule has 0 fully saturated rings. The van der Waals surface area contributed by atoms with Crippen LogP contribution in [0, 0.1) is 0 Å². The van der Waals surface area contributed by atoms with Crippen LogP contribution in [0.25, 0.3) is 104 Å². The van der Waals surface area contributed by atoms with Gasteiger partial charge in [-0.2, -0.15) is 0 Å². The quantitative estimate of drug-likeness (QED) is 0.175. The SMILES string of the molecule is c1ccc(-c2nc3cc(-c4ccc(-c5cc6cccnc6c6ncccc56)cc4)ccc3c3c2ccc2c3c3ccccc3n2-c2ccccc2)cc1. The van der Waals surface area contributed by atoms with Crippen molar-refractivity contribution in [2.75, 3.05) is 0 Å². The molecule has 0 amide bonds. The minimum absolute atomic E-state index is 0.924. The lowest BCUT2D eigenvalue weighted by atomic mass is 9.93. The van der Waals surface area contributed by atoms with Crippen molar-refractivity contribution in [3.8, 4) is 39.2 Å². The largest absolute Gasteiger partial charge is 0.309 e. The van der Waals surface area contributed by atoms with Crippen molar-refractivity contribution in [3.05, 3.63) is 182 Å². The van der Waals surface area contributed by atoms with Crippen LogP contribution in [0.3, 0.4) is 0 Å². The molecular weight excluding hydrogens is 645 g/mol. The van der Waals surface area contributed by atoms with Crippen molar-refractivity contribution in [2.45, 2.75) is 0 Å². The van der Waals surface area contributed by atoms with Gasteiger partial charge in [-0.15, -0.1) is 0 Å². The Morgan fingerprint density at radius 2 is 1.08 bits per heavy atom. The summed E-state index contributed by atoms with van der Waals surface area (Å²) in [7, 11) is 0. The molecule has 0 bridgehead atoms. The molecule has 4 nitrogen and oxygen atoms in total. The third-order valence-corrected chi connectivity index (χ3v) is 10.6. The normalized spacial score (nSPS) is 11.8. The van der Waals surface area contributed by atoms with Crippen LogP contribution in [0.2, 0.25) is 0 Å². The lowest BCUT2D eigenvalue weighted by molar-refractivity contribution is 1.18. The molecule has 0 spiro atoms. The molecule has 4 heterocycles. The lowest BCUT2D eigenvalue weighted by Crippen LogP contribution is -1.94. The average Bonchev–Trinajstić information content (AvgIpc) is 3.58. The third kappa shape index (κ3) is 4.59. The zero-order valence-electron chi connectivity index (χ0n) is 28.6. The molecule has 11 rings (SSSR count). The van der Waals surface area contributed by atoms with Gasteiger partial charge >= 0.3 is 0 Å². The standard InChI is InChI=1S/C49H30N4/c1-3-11-33(12-4-1)47-40-25-26-44-46(39-16-7-8-18-43(39)53(44)36-14-5-2-6-15-36)45(40)38-24-23-34(30-42(38)52-47)31-19-21-32(22-20-31)41-29-35-13-9-27-50-48(35)49-37(41)17-10-28-51-49/h1-30H. The molecular formula is C49H30N4. The fraction of sp³-hybridized carbons (Fsp3) is 0. The second-order valence-corrected chi connectivity index (χ2v) is 13.6. The Labute approximate surface area is 305 Å². The smallest absolute Gasteiger partial charge is 0.0970 e. The van der Waals surface area contributed by atoms with E-state index in [4.69, 9.17) is 9.97 Å². The molecule has 0 aliphatic heterocycles. The number of nitrogens with zero attached hydrogens (tertiary/aromatic N) is 4. The summed E-state index contributed by atoms with van der Waals surface area (Å²) in [5.74, 6) is 0. The maximum Gasteiger partial charge on any atom is 0.0970 e. The summed E-state index contributed by atoms with van der Waals surface area (Å²) in [5, 5.41) is 8.18. The molecule has 4 heteroatoms. The maximum atomic E-state index is 5.42. The average molecular weight is 675 g/mol. The Morgan fingerprint density at radius 3 is 1.92 bits per heavy atom. The predicted molar refractivity (Wildman–Crippen MR) is 220 cm³/mol. The second kappa shape index (κ2) is 11.7. The van der Waals surface area contributed by atoms with Crippen LogP contribution in [-0.2, 0) is 0 Å². The molecule has 0 saturated carbocycles. The molecule has 0 aliphatic carbocycles. The van der Waals surface area contributed by atoms with E-state index in [0.29, 0.717) is 0 Å². The number of hydrogen-bond acceptors (Lipinski definition) is 3. The van der Waals surface area contributed by atoms with Crippen LogP contribution in [0.15, 0.2) is 182 Å². The molecule has 0 saturated heterocycles. The molecule has 0 N–H and O–H groups in total. The van der Waals surface area contributed by atoms with Crippen LogP contribution < -0.4 is 0 Å². The first-order chi connectivity index (χ1) is 26.3. The van der Waals surface area contributed by atoms with Crippen LogP contribution >= 0.6 is 0 Å². The molecule has 0 unspecified atom stereocenters. The monoisotopic (exact) mass is 674 g/mol. The summed E-state index contributed by atoms with van der Waals surface area (Å²) in [4.78, 5) is 14.8. The molecule has 0 aliphatic rings. The molecule has 53 heavy (non-hydrogen) atoms. The van der Waals surface area contributed by atoms with E-state index < -0.39 is 0 Å². The van der Waals surface area contributed by atoms with Gasteiger partial charge in [0.15, 0.2) is 0 Å². The predicted octanol–water partition coefficient (Wildman–Crippen LogP) is 12.6. The highest BCUT2D eigenvalue weighted by Gasteiger charge is 2.20. The van der Waals surface area contributed by atoms with Crippen molar-refractivity contribution < 1.29 is 0 Å².